The van der Waals surface area contributed by atoms with E-state index in [-0.39, 0.29) is 11.4 Å². The van der Waals surface area contributed by atoms with E-state index in [0.717, 1.165) is 30.1 Å². The van der Waals surface area contributed by atoms with Crippen LogP contribution in [0.2, 0.25) is 0 Å². The third kappa shape index (κ3) is 2.99. The van der Waals surface area contributed by atoms with Gasteiger partial charge in [0.15, 0.2) is 0 Å². The molecule has 0 atom stereocenters. The van der Waals surface area contributed by atoms with Gasteiger partial charge in [-0.25, -0.2) is 15.0 Å². The molecule has 2 aromatic rings. The number of rotatable bonds is 6. The topological polar surface area (TPSA) is 105 Å². The first kappa shape index (κ1) is 15.7. The monoisotopic (exact) mass is 321 g/mol. The largest absolute Gasteiger partial charge is 0.382 e. The Balaban J connectivity index is 1.89. The fourth-order valence-electron chi connectivity index (χ4n) is 2.65. The average Bonchev–Trinajstić information content (AvgIpc) is 3.35. The van der Waals surface area contributed by atoms with Crippen LogP contribution in [0.4, 0.5) is 11.6 Å². The van der Waals surface area contributed by atoms with Gasteiger partial charge in [-0.05, 0) is 25.8 Å². The highest BCUT2D eigenvalue weighted by atomic mass is 15.2. The van der Waals surface area contributed by atoms with Crippen LogP contribution in [-0.4, -0.2) is 19.5 Å². The molecule has 2 aromatic heterocycles. The third-order valence-corrected chi connectivity index (χ3v) is 3.91. The summed E-state index contributed by atoms with van der Waals surface area (Å²) in [4.78, 5) is 12.6. The van der Waals surface area contributed by atoms with Gasteiger partial charge in [0.2, 0.25) is 0 Å². The van der Waals surface area contributed by atoms with Gasteiger partial charge in [0.05, 0.1) is 17.9 Å². The van der Waals surface area contributed by atoms with Crippen LogP contribution >= 0.6 is 0 Å². The molecule has 24 heavy (non-hydrogen) atoms. The van der Waals surface area contributed by atoms with Crippen molar-refractivity contribution < 1.29 is 0 Å². The maximum Gasteiger partial charge on any atom is 0.149 e. The van der Waals surface area contributed by atoms with E-state index in [4.69, 9.17) is 5.73 Å². The molecule has 1 aliphatic carbocycles. The summed E-state index contributed by atoms with van der Waals surface area (Å²) in [7, 11) is 0. The van der Waals surface area contributed by atoms with Crippen molar-refractivity contribution in [3.63, 3.8) is 0 Å². The predicted molar refractivity (Wildman–Crippen MR) is 93.0 cm³/mol. The highest BCUT2D eigenvalue weighted by molar-refractivity contribution is 5.62. The van der Waals surface area contributed by atoms with Crippen molar-refractivity contribution in [2.45, 2.75) is 32.4 Å². The molecule has 3 N–H and O–H groups in total. The number of hydrogen-bond donors (Lipinski definition) is 2. The minimum absolute atomic E-state index is 0.173. The second-order valence-corrected chi connectivity index (χ2v) is 5.64. The summed E-state index contributed by atoms with van der Waals surface area (Å²) in [5.74, 6) is 1.52. The van der Waals surface area contributed by atoms with Crippen molar-refractivity contribution in [3.8, 4) is 6.07 Å². The van der Waals surface area contributed by atoms with Crippen LogP contribution in [0.15, 0.2) is 25.1 Å². The molecule has 0 amide bonds. The lowest BCUT2D eigenvalue weighted by molar-refractivity contribution is 0.684. The Hall–Kier alpha value is -3.14. The number of nitrogens with two attached hydrogens (primary N) is 1. The van der Waals surface area contributed by atoms with Gasteiger partial charge < -0.3 is 15.6 Å². The van der Waals surface area contributed by atoms with Crippen LogP contribution in [0.25, 0.3) is 6.08 Å². The van der Waals surface area contributed by atoms with Gasteiger partial charge in [0.1, 0.15) is 35.4 Å². The Labute approximate surface area is 140 Å². The van der Waals surface area contributed by atoms with Gasteiger partial charge in [0.25, 0.3) is 0 Å². The van der Waals surface area contributed by atoms with E-state index >= 15 is 0 Å². The first-order valence-corrected chi connectivity index (χ1v) is 7.77. The van der Waals surface area contributed by atoms with Crippen LogP contribution in [0.5, 0.6) is 0 Å². The van der Waals surface area contributed by atoms with E-state index < -0.39 is 0 Å². The molecule has 0 bridgehead atoms. The van der Waals surface area contributed by atoms with Crippen molar-refractivity contribution in [1.29, 1.82) is 5.26 Å². The van der Waals surface area contributed by atoms with Crippen molar-refractivity contribution in [1.82, 2.24) is 19.5 Å². The van der Waals surface area contributed by atoms with Crippen LogP contribution in [0, 0.1) is 18.3 Å². The molecule has 0 unspecified atom stereocenters. The molecule has 1 saturated carbocycles. The number of nitrogen functional groups attached to an aromatic ring is 1. The van der Waals surface area contributed by atoms with Gasteiger partial charge in [-0.1, -0.05) is 18.7 Å². The predicted octanol–water partition coefficient (Wildman–Crippen LogP) is 2.58. The maximum atomic E-state index is 9.21. The highest BCUT2D eigenvalue weighted by Gasteiger charge is 2.29. The van der Waals surface area contributed by atoms with E-state index in [1.165, 1.54) is 6.33 Å². The minimum Gasteiger partial charge on any atom is -0.382 e. The molecule has 1 fully saturated rings. The van der Waals surface area contributed by atoms with Crippen molar-refractivity contribution >= 4 is 17.7 Å². The van der Waals surface area contributed by atoms with Crippen molar-refractivity contribution in [2.75, 3.05) is 11.1 Å². The first-order valence-electron chi connectivity index (χ1n) is 7.77. The Morgan fingerprint density at radius 1 is 1.50 bits per heavy atom. The number of allylic oxidation sites excluding steroid dienone is 2. The molecule has 0 radical (unpaired) electrons. The second-order valence-electron chi connectivity index (χ2n) is 5.64. The fourth-order valence-corrected chi connectivity index (χ4v) is 2.65. The Kier molecular flexibility index (Phi) is 4.29. The Bertz CT molecular complexity index is 837. The normalized spacial score (nSPS) is 13.8. The highest BCUT2D eigenvalue weighted by Crippen LogP contribution is 2.38. The standard InChI is InChI=1S/C17H19N7/c1-3-4-5-14-11(2)23-15(24(14)12-6-7-12)9-20-17-13(8-18)16(19)21-10-22-17/h3-5,10,12H,1,6-7,9H2,2H3,(H3,19,20,21,22)/b5-4-. The molecule has 0 spiro atoms. The van der Waals surface area contributed by atoms with Gasteiger partial charge in [0, 0.05) is 6.04 Å². The van der Waals surface area contributed by atoms with Gasteiger partial charge >= 0.3 is 0 Å². The number of hydrogen-bond acceptors (Lipinski definition) is 6. The smallest absolute Gasteiger partial charge is 0.149 e. The van der Waals surface area contributed by atoms with Crippen LogP contribution < -0.4 is 11.1 Å². The summed E-state index contributed by atoms with van der Waals surface area (Å²) in [5, 5.41) is 12.4. The maximum absolute atomic E-state index is 9.21. The van der Waals surface area contributed by atoms with Gasteiger partial charge in [-0.15, -0.1) is 0 Å². The van der Waals surface area contributed by atoms with Crippen LogP contribution in [-0.2, 0) is 6.54 Å². The summed E-state index contributed by atoms with van der Waals surface area (Å²) in [6.45, 7) is 6.18. The number of aryl methyl sites for hydroxylation is 1. The number of nitriles is 1. The van der Waals surface area contributed by atoms with E-state index in [2.05, 4.69) is 31.4 Å². The quantitative estimate of drug-likeness (QED) is 0.792. The summed E-state index contributed by atoms with van der Waals surface area (Å²) in [6, 6.07) is 2.52. The summed E-state index contributed by atoms with van der Waals surface area (Å²) in [5.41, 5.74) is 8.04. The van der Waals surface area contributed by atoms with E-state index in [1.54, 1.807) is 6.08 Å². The average molecular weight is 321 g/mol. The number of nitrogens with one attached hydrogen (secondary N) is 1. The molecular weight excluding hydrogens is 302 g/mol. The van der Waals surface area contributed by atoms with Crippen LogP contribution in [0.3, 0.4) is 0 Å². The molecule has 1 aliphatic rings. The molecule has 122 valence electrons. The molecule has 7 nitrogen and oxygen atoms in total. The zero-order valence-electron chi connectivity index (χ0n) is 13.5. The number of aromatic nitrogens is 4. The number of anilines is 2. The lowest BCUT2D eigenvalue weighted by Crippen LogP contribution is -2.11. The van der Waals surface area contributed by atoms with Crippen molar-refractivity contribution in [3.05, 3.63) is 47.8 Å². The SMILES string of the molecule is C=C/C=C\c1c(C)nc(CNc2ncnc(N)c2C#N)n1C1CC1. The van der Waals surface area contributed by atoms with E-state index in [9.17, 15) is 5.26 Å². The first-order chi connectivity index (χ1) is 11.7. The summed E-state index contributed by atoms with van der Waals surface area (Å²) in [6.07, 6.45) is 9.35. The third-order valence-electron chi connectivity index (χ3n) is 3.91. The van der Waals surface area contributed by atoms with E-state index in [0.29, 0.717) is 18.4 Å². The minimum atomic E-state index is 0.173. The summed E-state index contributed by atoms with van der Waals surface area (Å²) >= 11 is 0. The van der Waals surface area contributed by atoms with Gasteiger partial charge in [-0.2, -0.15) is 5.26 Å². The molecule has 0 aliphatic heterocycles. The molecule has 0 aromatic carbocycles. The second kappa shape index (κ2) is 6.54. The fraction of sp³-hybridized carbons (Fsp3) is 0.294. The van der Waals surface area contributed by atoms with Crippen molar-refractivity contribution in [2.24, 2.45) is 0 Å². The molecule has 3 rings (SSSR count). The molecule has 7 heteroatoms. The van der Waals surface area contributed by atoms with E-state index in [1.807, 2.05) is 25.1 Å². The molecule has 0 saturated heterocycles. The molecular formula is C17H19N7. The summed E-state index contributed by atoms with van der Waals surface area (Å²) < 4.78 is 2.25. The van der Waals surface area contributed by atoms with Gasteiger partial charge in [-0.3, -0.25) is 0 Å². The zero-order chi connectivity index (χ0) is 17.1. The van der Waals surface area contributed by atoms with Crippen LogP contribution in [0.1, 0.15) is 41.7 Å². The number of imidazole rings is 1. The lowest BCUT2D eigenvalue weighted by Gasteiger charge is -2.11. The zero-order valence-corrected chi connectivity index (χ0v) is 13.5. The number of nitrogens with zero attached hydrogens (tertiary/aromatic N) is 5. The Morgan fingerprint density at radius 3 is 2.96 bits per heavy atom. The lowest BCUT2D eigenvalue weighted by atomic mass is 10.3. The molecule has 2 heterocycles. The Morgan fingerprint density at radius 2 is 2.29 bits per heavy atom.